The molecule has 0 bridgehead atoms. The molecule has 0 spiro atoms. The van der Waals surface area contributed by atoms with Crippen LogP contribution in [0.1, 0.15) is 23.5 Å². The lowest BCUT2D eigenvalue weighted by Crippen LogP contribution is -2.39. The van der Waals surface area contributed by atoms with Crippen LogP contribution in [0.4, 0.5) is 5.82 Å². The molecule has 0 amide bonds. The van der Waals surface area contributed by atoms with Gasteiger partial charge in [0.25, 0.3) is 10.1 Å². The molecule has 0 saturated carbocycles. The zero-order valence-corrected chi connectivity index (χ0v) is 13.6. The van der Waals surface area contributed by atoms with Crippen molar-refractivity contribution in [2.45, 2.75) is 31.5 Å². The van der Waals surface area contributed by atoms with E-state index < -0.39 is 52.7 Å². The van der Waals surface area contributed by atoms with Gasteiger partial charge >= 0.3 is 5.69 Å². The van der Waals surface area contributed by atoms with Crippen LogP contribution in [0.5, 0.6) is 0 Å². The third-order valence-electron chi connectivity index (χ3n) is 3.41. The first-order valence-corrected chi connectivity index (χ1v) is 8.59. The van der Waals surface area contributed by atoms with Gasteiger partial charge in [-0.2, -0.15) is 13.4 Å². The van der Waals surface area contributed by atoms with E-state index in [0.717, 1.165) is 17.0 Å². The van der Waals surface area contributed by atoms with Crippen molar-refractivity contribution in [1.82, 2.24) is 9.55 Å². The Labute approximate surface area is 136 Å². The number of aliphatic hydroxyl groups excluding tert-OH is 2. The first kappa shape index (κ1) is 18.5. The van der Waals surface area contributed by atoms with Gasteiger partial charge in [0, 0.05) is 6.20 Å². The largest absolute Gasteiger partial charge is 0.394 e. The number of aliphatic hydroxyl groups is 2. The van der Waals surface area contributed by atoms with E-state index in [2.05, 4.69) is 4.98 Å². The minimum atomic E-state index is -3.96. The number of nitrogens with two attached hydrogens (primary N) is 1. The number of carbonyl (C=O) groups excluding carboxylic acids is 1. The smallest absolute Gasteiger partial charge is 0.351 e. The Morgan fingerprint density at radius 3 is 2.67 bits per heavy atom. The molecule has 2 heterocycles. The van der Waals surface area contributed by atoms with Crippen molar-refractivity contribution in [2.24, 2.45) is 0 Å². The molecular weight excluding hydrogens is 346 g/mol. The Morgan fingerprint density at radius 2 is 2.17 bits per heavy atom. The summed E-state index contributed by atoms with van der Waals surface area (Å²) in [5.74, 6) is -0.747. The maximum atomic E-state index is 12.0. The number of hydrogen-bond donors (Lipinski definition) is 3. The predicted octanol–water partition coefficient (Wildman–Crippen LogP) is -2.38. The number of rotatable bonds is 5. The van der Waals surface area contributed by atoms with Crippen LogP contribution in [0.3, 0.4) is 0 Å². The Hall–Kier alpha value is -1.86. The summed E-state index contributed by atoms with van der Waals surface area (Å²) in [5.41, 5.74) is 4.51. The molecule has 134 valence electrons. The van der Waals surface area contributed by atoms with Gasteiger partial charge in [0.05, 0.1) is 18.4 Å². The molecule has 0 aliphatic carbocycles. The summed E-state index contributed by atoms with van der Waals surface area (Å²) in [6, 6.07) is 0. The Morgan fingerprint density at radius 1 is 1.54 bits per heavy atom. The molecular formula is C12H17N3O8S. The lowest BCUT2D eigenvalue weighted by molar-refractivity contribution is -0.0543. The summed E-state index contributed by atoms with van der Waals surface area (Å²) in [6.45, 7) is 0.546. The second kappa shape index (κ2) is 6.57. The fourth-order valence-corrected chi connectivity index (χ4v) is 2.99. The third-order valence-corrected chi connectivity index (χ3v) is 3.98. The van der Waals surface area contributed by atoms with E-state index in [-0.39, 0.29) is 11.4 Å². The van der Waals surface area contributed by atoms with Crippen molar-refractivity contribution < 1.29 is 32.3 Å². The van der Waals surface area contributed by atoms with Crippen molar-refractivity contribution in [3.63, 3.8) is 0 Å². The van der Waals surface area contributed by atoms with Gasteiger partial charge in [-0.3, -0.25) is 13.5 Å². The SMILES string of the molecule is CC(=O)c1cn([C@@H]2O[C@H](CO)[C@H](OS(C)(=O)=O)[C@H]2O)c(=O)nc1N. The molecule has 12 heteroatoms. The summed E-state index contributed by atoms with van der Waals surface area (Å²) in [7, 11) is -3.96. The van der Waals surface area contributed by atoms with E-state index in [4.69, 9.17) is 14.7 Å². The van der Waals surface area contributed by atoms with Gasteiger partial charge in [0.1, 0.15) is 24.1 Å². The third kappa shape index (κ3) is 3.62. The van der Waals surface area contributed by atoms with Crippen LogP contribution in [-0.2, 0) is 19.0 Å². The number of aromatic nitrogens is 2. The van der Waals surface area contributed by atoms with Gasteiger partial charge < -0.3 is 20.7 Å². The minimum Gasteiger partial charge on any atom is -0.394 e. The summed E-state index contributed by atoms with van der Waals surface area (Å²) >= 11 is 0. The first-order valence-electron chi connectivity index (χ1n) is 6.77. The average molecular weight is 363 g/mol. The lowest BCUT2D eigenvalue weighted by Gasteiger charge is -2.19. The molecule has 1 saturated heterocycles. The molecule has 4 atom stereocenters. The average Bonchev–Trinajstić information content (AvgIpc) is 2.74. The van der Waals surface area contributed by atoms with E-state index in [1.165, 1.54) is 6.92 Å². The van der Waals surface area contributed by atoms with E-state index >= 15 is 0 Å². The van der Waals surface area contributed by atoms with E-state index in [0.29, 0.717) is 0 Å². The molecule has 0 unspecified atom stereocenters. The van der Waals surface area contributed by atoms with Crippen molar-refractivity contribution in [1.29, 1.82) is 0 Å². The van der Waals surface area contributed by atoms with Crippen LogP contribution in [-0.4, -0.2) is 65.1 Å². The predicted molar refractivity (Wildman–Crippen MR) is 79.6 cm³/mol. The highest BCUT2D eigenvalue weighted by Crippen LogP contribution is 2.31. The van der Waals surface area contributed by atoms with Gasteiger partial charge in [0.2, 0.25) is 0 Å². The standard InChI is InChI=1S/C12H17N3O8S/c1-5(17)6-3-15(12(19)14-10(6)13)11-8(18)9(7(4-16)22-11)23-24(2,20)21/h3,7-9,11,16,18H,4H2,1-2H3,(H2,13,14,19)/t7-,8-,9+,11-/m1/s1. The second-order valence-electron chi connectivity index (χ2n) is 5.29. The second-order valence-corrected chi connectivity index (χ2v) is 6.89. The molecule has 1 aromatic rings. The summed E-state index contributed by atoms with van der Waals surface area (Å²) in [5, 5.41) is 19.5. The normalized spacial score (nSPS) is 27.3. The zero-order chi connectivity index (χ0) is 18.2. The minimum absolute atomic E-state index is 0.0709. The van der Waals surface area contributed by atoms with Crippen molar-refractivity contribution in [3.05, 3.63) is 22.2 Å². The van der Waals surface area contributed by atoms with Gasteiger partial charge in [-0.25, -0.2) is 4.79 Å². The van der Waals surface area contributed by atoms with Crippen molar-refractivity contribution >= 4 is 21.7 Å². The number of ketones is 1. The molecule has 1 aromatic heterocycles. The summed E-state index contributed by atoms with van der Waals surface area (Å²) in [4.78, 5) is 27.0. The lowest BCUT2D eigenvalue weighted by atomic mass is 10.1. The molecule has 1 aliphatic heterocycles. The molecule has 11 nitrogen and oxygen atoms in total. The molecule has 1 aliphatic rings. The van der Waals surface area contributed by atoms with Crippen molar-refractivity contribution in [2.75, 3.05) is 18.6 Å². The fraction of sp³-hybridized carbons (Fsp3) is 0.583. The number of nitrogen functional groups attached to an aromatic ring is 1. The van der Waals surface area contributed by atoms with Crippen LogP contribution in [0, 0.1) is 0 Å². The Bertz CT molecular complexity index is 805. The molecule has 24 heavy (non-hydrogen) atoms. The molecule has 2 rings (SSSR count). The number of hydrogen-bond acceptors (Lipinski definition) is 10. The van der Waals surface area contributed by atoms with Crippen LogP contribution in [0.15, 0.2) is 11.0 Å². The highest BCUT2D eigenvalue weighted by Gasteiger charge is 2.47. The van der Waals surface area contributed by atoms with E-state index in [1.807, 2.05) is 0 Å². The fourth-order valence-electron chi connectivity index (χ4n) is 2.35. The summed E-state index contributed by atoms with van der Waals surface area (Å²) in [6.07, 6.45) is -3.83. The highest BCUT2D eigenvalue weighted by atomic mass is 32.2. The Balaban J connectivity index is 2.45. The molecule has 4 N–H and O–H groups in total. The monoisotopic (exact) mass is 363 g/mol. The highest BCUT2D eigenvalue weighted by molar-refractivity contribution is 7.86. The Kier molecular flexibility index (Phi) is 5.05. The number of anilines is 1. The van der Waals surface area contributed by atoms with Crippen LogP contribution < -0.4 is 11.4 Å². The van der Waals surface area contributed by atoms with Crippen LogP contribution >= 0.6 is 0 Å². The zero-order valence-electron chi connectivity index (χ0n) is 12.8. The number of nitrogens with zero attached hydrogens (tertiary/aromatic N) is 2. The van der Waals surface area contributed by atoms with Crippen LogP contribution in [0.2, 0.25) is 0 Å². The van der Waals surface area contributed by atoms with Gasteiger partial charge in [-0.05, 0) is 6.92 Å². The summed E-state index contributed by atoms with van der Waals surface area (Å²) < 4.78 is 33.4. The number of carbonyl (C=O) groups is 1. The van der Waals surface area contributed by atoms with Crippen molar-refractivity contribution in [3.8, 4) is 0 Å². The molecule has 0 aromatic carbocycles. The number of Topliss-reactive ketones (excluding diaryl/α,β-unsaturated/α-hetero) is 1. The van der Waals surface area contributed by atoms with Gasteiger partial charge in [0.15, 0.2) is 12.0 Å². The van der Waals surface area contributed by atoms with E-state index in [1.54, 1.807) is 0 Å². The maximum Gasteiger partial charge on any atom is 0.351 e. The van der Waals surface area contributed by atoms with Crippen LogP contribution in [0.25, 0.3) is 0 Å². The maximum absolute atomic E-state index is 12.0. The molecule has 0 radical (unpaired) electrons. The quantitative estimate of drug-likeness (QED) is 0.379. The first-order chi connectivity index (χ1) is 11.0. The van der Waals surface area contributed by atoms with E-state index in [9.17, 15) is 28.2 Å². The van der Waals surface area contributed by atoms with Gasteiger partial charge in [-0.1, -0.05) is 0 Å². The molecule has 1 fully saturated rings. The number of ether oxygens (including phenoxy) is 1. The van der Waals surface area contributed by atoms with Gasteiger partial charge in [-0.15, -0.1) is 0 Å². The topological polar surface area (TPSA) is 171 Å².